The lowest BCUT2D eigenvalue weighted by Gasteiger charge is -2.16. The normalized spacial score (nSPS) is 12.3. The van der Waals surface area contributed by atoms with Gasteiger partial charge in [0, 0.05) is 38.2 Å². The Morgan fingerprint density at radius 3 is 2.90 bits per heavy atom. The quantitative estimate of drug-likeness (QED) is 0.513. The predicted molar refractivity (Wildman–Crippen MR) is 81.3 cm³/mol. The molecule has 1 aromatic heterocycles. The number of carbonyl (C=O) groups is 1. The summed E-state index contributed by atoms with van der Waals surface area (Å²) in [5.41, 5.74) is 0.732. The van der Waals surface area contributed by atoms with Crippen molar-refractivity contribution in [3.05, 3.63) is 28.0 Å². The minimum Gasteiger partial charge on any atom is -0.478 e. The fourth-order valence-corrected chi connectivity index (χ4v) is 3.28. The summed E-state index contributed by atoms with van der Waals surface area (Å²) in [5, 5.41) is 10.3. The summed E-state index contributed by atoms with van der Waals surface area (Å²) in [4.78, 5) is 11.2. The fourth-order valence-electron chi connectivity index (χ4n) is 1.42. The van der Waals surface area contributed by atoms with E-state index in [2.05, 4.69) is 4.72 Å². The second-order valence-electron chi connectivity index (χ2n) is 4.17. The van der Waals surface area contributed by atoms with E-state index in [1.807, 2.05) is 0 Å². The molecule has 0 saturated heterocycles. The highest BCUT2D eigenvalue weighted by Crippen LogP contribution is 2.18. The number of methoxy groups -OCH3 is 1. The van der Waals surface area contributed by atoms with Crippen LogP contribution < -0.4 is 4.72 Å². The maximum atomic E-state index is 11.9. The van der Waals surface area contributed by atoms with Crippen molar-refractivity contribution in [3.8, 4) is 0 Å². The zero-order valence-electron chi connectivity index (χ0n) is 11.8. The summed E-state index contributed by atoms with van der Waals surface area (Å²) in [6.45, 7) is 0.726. The highest BCUT2D eigenvalue weighted by molar-refractivity contribution is 7.87. The van der Waals surface area contributed by atoms with Crippen molar-refractivity contribution in [2.45, 2.75) is 6.54 Å². The molecule has 0 radical (unpaired) electrons. The van der Waals surface area contributed by atoms with Gasteiger partial charge in [-0.15, -0.1) is 11.3 Å². The second kappa shape index (κ2) is 8.25. The topological polar surface area (TPSA) is 95.9 Å². The van der Waals surface area contributed by atoms with Crippen LogP contribution in [0.1, 0.15) is 10.4 Å². The van der Waals surface area contributed by atoms with Crippen LogP contribution in [0.5, 0.6) is 0 Å². The van der Waals surface area contributed by atoms with Gasteiger partial charge in [-0.2, -0.15) is 17.4 Å². The van der Waals surface area contributed by atoms with Crippen molar-refractivity contribution in [2.75, 3.05) is 27.3 Å². The maximum Gasteiger partial charge on any atom is 0.328 e. The van der Waals surface area contributed by atoms with Crippen LogP contribution >= 0.6 is 11.3 Å². The third-order valence-corrected chi connectivity index (χ3v) is 4.93. The number of carboxylic acid groups (broad SMARTS) is 1. The van der Waals surface area contributed by atoms with Crippen molar-refractivity contribution in [1.29, 1.82) is 0 Å². The molecule has 0 atom stereocenters. The van der Waals surface area contributed by atoms with E-state index in [9.17, 15) is 13.2 Å². The van der Waals surface area contributed by atoms with E-state index in [1.165, 1.54) is 35.9 Å². The molecule has 118 valence electrons. The molecule has 1 heterocycles. The average Bonchev–Trinajstić information content (AvgIpc) is 2.84. The number of nitrogens with one attached hydrogen (secondary N) is 1. The summed E-state index contributed by atoms with van der Waals surface area (Å²) < 4.78 is 32.2. The van der Waals surface area contributed by atoms with Crippen molar-refractivity contribution >= 4 is 33.6 Å². The van der Waals surface area contributed by atoms with Crippen LogP contribution in [0.2, 0.25) is 0 Å². The number of hydrogen-bond acceptors (Lipinski definition) is 5. The van der Waals surface area contributed by atoms with Crippen LogP contribution in [0.15, 0.2) is 17.5 Å². The number of hydrogen-bond donors (Lipinski definition) is 2. The summed E-state index contributed by atoms with van der Waals surface area (Å²) in [7, 11) is -0.580. The minimum atomic E-state index is -3.55. The van der Waals surface area contributed by atoms with E-state index in [-0.39, 0.29) is 13.1 Å². The van der Waals surface area contributed by atoms with Gasteiger partial charge >= 0.3 is 5.97 Å². The molecule has 21 heavy (non-hydrogen) atoms. The lowest BCUT2D eigenvalue weighted by molar-refractivity contribution is -0.131. The van der Waals surface area contributed by atoms with Crippen LogP contribution in [0.3, 0.4) is 0 Å². The molecule has 0 fully saturated rings. The molecule has 0 spiro atoms. The highest BCUT2D eigenvalue weighted by Gasteiger charge is 2.17. The Bertz CT molecular complexity index is 595. The maximum absolute atomic E-state index is 11.9. The largest absolute Gasteiger partial charge is 0.478 e. The van der Waals surface area contributed by atoms with Crippen LogP contribution in [0.4, 0.5) is 0 Å². The SMILES string of the molecule is COCCNS(=O)(=O)N(C)Cc1cc(/C=C/C(=O)O)cs1. The van der Waals surface area contributed by atoms with Crippen molar-refractivity contribution in [3.63, 3.8) is 0 Å². The van der Waals surface area contributed by atoms with E-state index < -0.39 is 16.2 Å². The van der Waals surface area contributed by atoms with Crippen molar-refractivity contribution in [2.24, 2.45) is 0 Å². The molecule has 7 nitrogen and oxygen atoms in total. The van der Waals surface area contributed by atoms with E-state index in [4.69, 9.17) is 9.84 Å². The molecule has 1 rings (SSSR count). The number of aliphatic carboxylic acids is 1. The Balaban J connectivity index is 2.62. The van der Waals surface area contributed by atoms with Crippen LogP contribution in [0.25, 0.3) is 6.08 Å². The standard InChI is InChI=1S/C12H18N2O5S2/c1-14(21(17,18)13-5-6-19-2)8-11-7-10(9-20-11)3-4-12(15)16/h3-4,7,9,13H,5-6,8H2,1-2H3,(H,15,16)/b4-3+. The monoisotopic (exact) mass is 334 g/mol. The summed E-state index contributed by atoms with van der Waals surface area (Å²) in [6, 6.07) is 1.76. The molecule has 0 aliphatic rings. The third-order valence-electron chi connectivity index (χ3n) is 2.47. The number of ether oxygens (including phenoxy) is 1. The molecule has 1 aromatic rings. The molecule has 9 heteroatoms. The van der Waals surface area contributed by atoms with E-state index >= 15 is 0 Å². The number of nitrogens with zero attached hydrogens (tertiary/aromatic N) is 1. The fraction of sp³-hybridized carbons (Fsp3) is 0.417. The van der Waals surface area contributed by atoms with Gasteiger partial charge in [-0.05, 0) is 23.1 Å². The third kappa shape index (κ3) is 6.36. The first-order valence-electron chi connectivity index (χ1n) is 6.03. The lowest BCUT2D eigenvalue weighted by atomic mass is 10.3. The molecular weight excluding hydrogens is 316 g/mol. The minimum absolute atomic E-state index is 0.209. The van der Waals surface area contributed by atoms with Crippen molar-refractivity contribution < 1.29 is 23.1 Å². The molecule has 0 bridgehead atoms. The Morgan fingerprint density at radius 2 is 2.29 bits per heavy atom. The zero-order valence-corrected chi connectivity index (χ0v) is 13.4. The molecule has 0 saturated carbocycles. The van der Waals surface area contributed by atoms with Gasteiger partial charge in [0.15, 0.2) is 0 Å². The lowest BCUT2D eigenvalue weighted by Crippen LogP contribution is -2.39. The predicted octanol–water partition coefficient (Wildman–Crippen LogP) is 0.759. The molecule has 0 unspecified atom stereocenters. The van der Waals surface area contributed by atoms with Gasteiger partial charge in [-0.1, -0.05) is 0 Å². The number of rotatable bonds is 9. The van der Waals surface area contributed by atoms with Gasteiger partial charge in [0.05, 0.1) is 6.61 Å². The first-order chi connectivity index (χ1) is 9.85. The smallest absolute Gasteiger partial charge is 0.328 e. The van der Waals surface area contributed by atoms with Gasteiger partial charge in [-0.3, -0.25) is 0 Å². The molecular formula is C12H18N2O5S2. The zero-order chi connectivity index (χ0) is 15.9. The van der Waals surface area contributed by atoms with Gasteiger partial charge in [0.2, 0.25) is 0 Å². The summed E-state index contributed by atoms with van der Waals surface area (Å²) in [6.07, 6.45) is 2.51. The van der Waals surface area contributed by atoms with Gasteiger partial charge in [0.1, 0.15) is 0 Å². The van der Waals surface area contributed by atoms with E-state index in [0.29, 0.717) is 6.61 Å². The first-order valence-corrected chi connectivity index (χ1v) is 8.35. The van der Waals surface area contributed by atoms with Crippen LogP contribution in [-0.2, 0) is 26.3 Å². The molecule has 0 aliphatic carbocycles. The number of thiophene rings is 1. The molecule has 0 amide bonds. The number of carboxylic acids is 1. The Kier molecular flexibility index (Phi) is 6.99. The van der Waals surface area contributed by atoms with Crippen LogP contribution in [0, 0.1) is 0 Å². The van der Waals surface area contributed by atoms with Crippen LogP contribution in [-0.4, -0.2) is 51.1 Å². The first kappa shape index (κ1) is 17.8. The Morgan fingerprint density at radius 1 is 1.57 bits per heavy atom. The van der Waals surface area contributed by atoms with Gasteiger partial charge in [-0.25, -0.2) is 4.79 Å². The Labute approximate surface area is 128 Å². The summed E-state index contributed by atoms with van der Waals surface area (Å²) in [5.74, 6) is -1.02. The second-order valence-corrected chi connectivity index (χ2v) is 7.02. The Hall–Kier alpha value is -1.26. The average molecular weight is 334 g/mol. The molecule has 2 N–H and O–H groups in total. The van der Waals surface area contributed by atoms with Gasteiger partial charge < -0.3 is 9.84 Å². The van der Waals surface area contributed by atoms with Crippen molar-refractivity contribution in [1.82, 2.24) is 9.03 Å². The van der Waals surface area contributed by atoms with Gasteiger partial charge in [0.25, 0.3) is 10.2 Å². The molecule has 0 aromatic carbocycles. The van der Waals surface area contributed by atoms with E-state index in [1.54, 1.807) is 11.4 Å². The summed E-state index contributed by atoms with van der Waals surface area (Å²) >= 11 is 1.37. The molecule has 0 aliphatic heterocycles. The highest BCUT2D eigenvalue weighted by atomic mass is 32.2. The van der Waals surface area contributed by atoms with E-state index in [0.717, 1.165) is 16.5 Å².